The number of carbonyl (C=O) groups excluding carboxylic acids is 1. The maximum Gasteiger partial charge on any atom is 0.248 e. The lowest BCUT2D eigenvalue weighted by atomic mass is 10.3. The van der Waals surface area contributed by atoms with E-state index < -0.39 is 0 Å². The Morgan fingerprint density at radius 3 is 3.00 bits per heavy atom. The molecule has 4 nitrogen and oxygen atoms in total. The zero-order chi connectivity index (χ0) is 8.81. The molecule has 1 aliphatic rings. The summed E-state index contributed by atoms with van der Waals surface area (Å²) in [6, 6.07) is 0. The number of unbranched alkanes of at least 4 members (excludes halogenated alkanes) is 1. The molecule has 0 atom stereocenters. The van der Waals surface area contributed by atoms with Crippen molar-refractivity contribution in [2.75, 3.05) is 32.9 Å². The molecule has 1 heterocycles. The van der Waals surface area contributed by atoms with E-state index in [0.29, 0.717) is 13.2 Å². The number of morpholine rings is 1. The molecule has 1 rings (SSSR count). The van der Waals surface area contributed by atoms with Gasteiger partial charge in [0.2, 0.25) is 5.91 Å². The predicted octanol–water partition coefficient (Wildman–Crippen LogP) is -0.382. The number of hydrogen-bond donors (Lipinski definition) is 1. The lowest BCUT2D eigenvalue weighted by molar-refractivity contribution is -0.142. The van der Waals surface area contributed by atoms with Crippen molar-refractivity contribution in [3.63, 3.8) is 0 Å². The molecule has 0 saturated carbocycles. The largest absolute Gasteiger partial charge is 0.396 e. The molecule has 1 amide bonds. The number of aliphatic hydroxyl groups is 1. The van der Waals surface area contributed by atoms with E-state index in [4.69, 9.17) is 9.84 Å². The smallest absolute Gasteiger partial charge is 0.248 e. The van der Waals surface area contributed by atoms with Crippen molar-refractivity contribution in [1.82, 2.24) is 4.90 Å². The third-order valence-electron chi connectivity index (χ3n) is 1.92. The first-order valence-corrected chi connectivity index (χ1v) is 4.31. The summed E-state index contributed by atoms with van der Waals surface area (Å²) in [7, 11) is 0. The van der Waals surface area contributed by atoms with Gasteiger partial charge in [-0.2, -0.15) is 0 Å². The molecule has 1 fully saturated rings. The van der Waals surface area contributed by atoms with E-state index in [1.54, 1.807) is 4.90 Å². The van der Waals surface area contributed by atoms with Crippen LogP contribution in [0.1, 0.15) is 12.8 Å². The van der Waals surface area contributed by atoms with Gasteiger partial charge in [0.15, 0.2) is 0 Å². The van der Waals surface area contributed by atoms with Crippen LogP contribution in [-0.2, 0) is 9.53 Å². The SMILES string of the molecule is O=C1COCCN1CCCCO. The van der Waals surface area contributed by atoms with Gasteiger partial charge in [0.25, 0.3) is 0 Å². The number of aliphatic hydroxyl groups excluding tert-OH is 1. The molecule has 1 aliphatic heterocycles. The highest BCUT2D eigenvalue weighted by Gasteiger charge is 2.17. The average molecular weight is 173 g/mol. The Labute approximate surface area is 72.1 Å². The van der Waals surface area contributed by atoms with Crippen molar-refractivity contribution in [3.8, 4) is 0 Å². The van der Waals surface area contributed by atoms with Crippen LogP contribution in [-0.4, -0.2) is 48.8 Å². The monoisotopic (exact) mass is 173 g/mol. The van der Waals surface area contributed by atoms with Gasteiger partial charge in [0.05, 0.1) is 6.61 Å². The number of carbonyl (C=O) groups is 1. The van der Waals surface area contributed by atoms with E-state index in [1.807, 2.05) is 0 Å². The van der Waals surface area contributed by atoms with E-state index in [0.717, 1.165) is 19.4 Å². The minimum absolute atomic E-state index is 0.0687. The zero-order valence-corrected chi connectivity index (χ0v) is 7.16. The van der Waals surface area contributed by atoms with Gasteiger partial charge in [0, 0.05) is 19.7 Å². The number of ether oxygens (including phenoxy) is 1. The second-order valence-electron chi connectivity index (χ2n) is 2.86. The minimum Gasteiger partial charge on any atom is -0.396 e. The van der Waals surface area contributed by atoms with Crippen molar-refractivity contribution in [1.29, 1.82) is 0 Å². The molecule has 0 aromatic rings. The summed E-state index contributed by atoms with van der Waals surface area (Å²) in [4.78, 5) is 12.9. The fourth-order valence-corrected chi connectivity index (χ4v) is 1.20. The van der Waals surface area contributed by atoms with Crippen LogP contribution in [0.5, 0.6) is 0 Å². The van der Waals surface area contributed by atoms with E-state index in [-0.39, 0.29) is 19.1 Å². The highest BCUT2D eigenvalue weighted by Crippen LogP contribution is 2.00. The van der Waals surface area contributed by atoms with Gasteiger partial charge in [-0.05, 0) is 12.8 Å². The normalized spacial score (nSPS) is 18.4. The summed E-state index contributed by atoms with van der Waals surface area (Å²) in [6.07, 6.45) is 1.65. The van der Waals surface area contributed by atoms with Crippen LogP contribution in [0.4, 0.5) is 0 Å². The van der Waals surface area contributed by atoms with Crippen LogP contribution in [0.15, 0.2) is 0 Å². The first kappa shape index (κ1) is 9.48. The topological polar surface area (TPSA) is 49.8 Å². The highest BCUT2D eigenvalue weighted by molar-refractivity contribution is 5.77. The van der Waals surface area contributed by atoms with Crippen LogP contribution >= 0.6 is 0 Å². The van der Waals surface area contributed by atoms with Crippen LogP contribution in [0.3, 0.4) is 0 Å². The molecular formula is C8H15NO3. The Morgan fingerprint density at radius 2 is 2.33 bits per heavy atom. The van der Waals surface area contributed by atoms with Gasteiger partial charge in [0.1, 0.15) is 6.61 Å². The molecular weight excluding hydrogens is 158 g/mol. The van der Waals surface area contributed by atoms with Gasteiger partial charge in [-0.1, -0.05) is 0 Å². The molecule has 0 unspecified atom stereocenters. The van der Waals surface area contributed by atoms with Gasteiger partial charge in [-0.25, -0.2) is 0 Å². The van der Waals surface area contributed by atoms with E-state index in [9.17, 15) is 4.79 Å². The molecule has 0 spiro atoms. The molecule has 0 aromatic heterocycles. The third-order valence-corrected chi connectivity index (χ3v) is 1.92. The van der Waals surface area contributed by atoms with Gasteiger partial charge >= 0.3 is 0 Å². The maximum atomic E-state index is 11.1. The number of nitrogens with zero attached hydrogens (tertiary/aromatic N) is 1. The van der Waals surface area contributed by atoms with Crippen molar-refractivity contribution >= 4 is 5.91 Å². The summed E-state index contributed by atoms with van der Waals surface area (Å²) < 4.78 is 4.98. The first-order valence-electron chi connectivity index (χ1n) is 4.31. The summed E-state index contributed by atoms with van der Waals surface area (Å²) >= 11 is 0. The second kappa shape index (κ2) is 5.11. The summed E-state index contributed by atoms with van der Waals surface area (Å²) in [5.74, 6) is 0.0687. The fourth-order valence-electron chi connectivity index (χ4n) is 1.20. The average Bonchev–Trinajstić information content (AvgIpc) is 2.09. The molecule has 4 heteroatoms. The van der Waals surface area contributed by atoms with E-state index in [1.165, 1.54) is 0 Å². The third kappa shape index (κ3) is 2.79. The van der Waals surface area contributed by atoms with Crippen molar-refractivity contribution in [2.45, 2.75) is 12.8 Å². The molecule has 0 aromatic carbocycles. The number of hydrogen-bond acceptors (Lipinski definition) is 3. The Balaban J connectivity index is 2.16. The Morgan fingerprint density at radius 1 is 1.50 bits per heavy atom. The van der Waals surface area contributed by atoms with Crippen LogP contribution < -0.4 is 0 Å². The van der Waals surface area contributed by atoms with Gasteiger partial charge < -0.3 is 14.7 Å². The standard InChI is InChI=1S/C8H15NO3/c10-5-2-1-3-9-4-6-12-7-8(9)11/h10H,1-7H2. The molecule has 70 valence electrons. The first-order chi connectivity index (χ1) is 5.84. The quantitative estimate of drug-likeness (QED) is 0.589. The van der Waals surface area contributed by atoms with Crippen LogP contribution in [0.2, 0.25) is 0 Å². The van der Waals surface area contributed by atoms with Crippen LogP contribution in [0.25, 0.3) is 0 Å². The lowest BCUT2D eigenvalue weighted by Crippen LogP contribution is -2.42. The molecule has 12 heavy (non-hydrogen) atoms. The summed E-state index contributed by atoms with van der Waals surface area (Å²) in [5.41, 5.74) is 0. The second-order valence-corrected chi connectivity index (χ2v) is 2.86. The molecule has 0 radical (unpaired) electrons. The lowest BCUT2D eigenvalue weighted by Gasteiger charge is -2.26. The molecule has 1 N–H and O–H groups in total. The molecule has 0 bridgehead atoms. The molecule has 1 saturated heterocycles. The van der Waals surface area contributed by atoms with Crippen molar-refractivity contribution in [2.24, 2.45) is 0 Å². The van der Waals surface area contributed by atoms with Crippen molar-refractivity contribution in [3.05, 3.63) is 0 Å². The Bertz CT molecular complexity index is 149. The maximum absolute atomic E-state index is 11.1. The predicted molar refractivity (Wildman–Crippen MR) is 43.7 cm³/mol. The highest BCUT2D eigenvalue weighted by atomic mass is 16.5. The van der Waals surface area contributed by atoms with E-state index >= 15 is 0 Å². The summed E-state index contributed by atoms with van der Waals surface area (Å²) in [6.45, 7) is 2.52. The minimum atomic E-state index is 0.0687. The van der Waals surface area contributed by atoms with E-state index in [2.05, 4.69) is 0 Å². The van der Waals surface area contributed by atoms with Crippen LogP contribution in [0, 0.1) is 0 Å². The summed E-state index contributed by atoms with van der Waals surface area (Å²) in [5, 5.41) is 8.53. The molecule has 0 aliphatic carbocycles. The fraction of sp³-hybridized carbons (Fsp3) is 0.875. The van der Waals surface area contributed by atoms with Gasteiger partial charge in [-0.3, -0.25) is 4.79 Å². The van der Waals surface area contributed by atoms with Crippen molar-refractivity contribution < 1.29 is 14.6 Å². The zero-order valence-electron chi connectivity index (χ0n) is 7.16. The number of rotatable bonds is 4. The van der Waals surface area contributed by atoms with Gasteiger partial charge in [-0.15, -0.1) is 0 Å². The Kier molecular flexibility index (Phi) is 4.04. The Hall–Kier alpha value is -0.610. The number of amides is 1.